The van der Waals surface area contributed by atoms with Crippen LogP contribution in [0.4, 0.5) is 0 Å². The Kier molecular flexibility index (Phi) is 16.6. The first kappa shape index (κ1) is 17.8. The second-order valence-electron chi connectivity index (χ2n) is 4.08. The van der Waals surface area contributed by atoms with Gasteiger partial charge in [-0.2, -0.15) is 0 Å². The lowest BCUT2D eigenvalue weighted by Crippen LogP contribution is -2.23. The molecule has 0 aliphatic carbocycles. The van der Waals surface area contributed by atoms with E-state index in [0.717, 1.165) is 45.7 Å². The second kappa shape index (κ2) is 16.8. The van der Waals surface area contributed by atoms with Crippen LogP contribution in [0.1, 0.15) is 26.2 Å². The molecule has 0 unspecified atom stereocenters. The van der Waals surface area contributed by atoms with Crippen LogP contribution in [-0.2, 0) is 14.2 Å². The van der Waals surface area contributed by atoms with Crippen LogP contribution >= 0.6 is 0 Å². The summed E-state index contributed by atoms with van der Waals surface area (Å²) < 4.78 is 16.1. The van der Waals surface area contributed by atoms with E-state index in [1.165, 1.54) is 6.42 Å². The lowest BCUT2D eigenvalue weighted by molar-refractivity contribution is 0.0147. The van der Waals surface area contributed by atoms with Gasteiger partial charge in [0.15, 0.2) is 0 Å². The molecule has 0 spiro atoms. The number of nitrogens with one attached hydrogen (secondary N) is 1. The molecule has 0 atom stereocenters. The number of ether oxygens (including phenoxy) is 3. The summed E-state index contributed by atoms with van der Waals surface area (Å²) in [5, 5.41) is 3.25. The molecule has 0 aromatic heterocycles. The summed E-state index contributed by atoms with van der Waals surface area (Å²) in [5.41, 5.74) is 5.38. The third-order valence-electron chi connectivity index (χ3n) is 2.37. The SMILES string of the molecule is CCCCOCCOCCOCCNCCCN. The molecule has 18 heavy (non-hydrogen) atoms. The van der Waals surface area contributed by atoms with E-state index in [-0.39, 0.29) is 0 Å². The molecule has 0 heterocycles. The average molecular weight is 262 g/mol. The Morgan fingerprint density at radius 1 is 0.778 bits per heavy atom. The molecule has 5 heteroatoms. The summed E-state index contributed by atoms with van der Waals surface area (Å²) in [5.74, 6) is 0. The smallest absolute Gasteiger partial charge is 0.0701 e. The maximum Gasteiger partial charge on any atom is 0.0701 e. The van der Waals surface area contributed by atoms with E-state index in [1.54, 1.807) is 0 Å². The summed E-state index contributed by atoms with van der Waals surface area (Å²) in [6.45, 7) is 8.91. The fraction of sp³-hybridized carbons (Fsp3) is 1.00. The van der Waals surface area contributed by atoms with Gasteiger partial charge in [-0.1, -0.05) is 13.3 Å². The van der Waals surface area contributed by atoms with Crippen molar-refractivity contribution in [2.45, 2.75) is 26.2 Å². The van der Waals surface area contributed by atoms with E-state index in [2.05, 4.69) is 12.2 Å². The Morgan fingerprint density at radius 3 is 2.00 bits per heavy atom. The Bertz CT molecular complexity index is 132. The molecule has 0 amide bonds. The minimum absolute atomic E-state index is 0.639. The topological polar surface area (TPSA) is 65.7 Å². The van der Waals surface area contributed by atoms with Crippen molar-refractivity contribution in [3.8, 4) is 0 Å². The molecule has 0 fully saturated rings. The fourth-order valence-electron chi connectivity index (χ4n) is 1.28. The Balaban J connectivity index is 2.86. The third-order valence-corrected chi connectivity index (χ3v) is 2.37. The number of unbranched alkanes of at least 4 members (excludes halogenated alkanes) is 1. The second-order valence-corrected chi connectivity index (χ2v) is 4.08. The Morgan fingerprint density at radius 2 is 1.39 bits per heavy atom. The standard InChI is InChI=1S/C13H30N2O3/c1-2-3-8-16-10-12-18-13-11-17-9-7-15-6-4-5-14/h15H,2-14H2,1H3. The molecule has 110 valence electrons. The molecular formula is C13H30N2O3. The normalized spacial score (nSPS) is 11.0. The van der Waals surface area contributed by atoms with Gasteiger partial charge in [-0.15, -0.1) is 0 Å². The van der Waals surface area contributed by atoms with Crippen LogP contribution in [0, 0.1) is 0 Å². The van der Waals surface area contributed by atoms with E-state index in [4.69, 9.17) is 19.9 Å². The molecule has 5 nitrogen and oxygen atoms in total. The van der Waals surface area contributed by atoms with Gasteiger partial charge in [0.1, 0.15) is 0 Å². The van der Waals surface area contributed by atoms with Crippen LogP contribution in [0.25, 0.3) is 0 Å². The highest BCUT2D eigenvalue weighted by molar-refractivity contribution is 4.47. The zero-order chi connectivity index (χ0) is 13.3. The minimum Gasteiger partial charge on any atom is -0.379 e. The van der Waals surface area contributed by atoms with Crippen molar-refractivity contribution in [2.75, 3.05) is 59.3 Å². The highest BCUT2D eigenvalue weighted by Gasteiger charge is 1.91. The van der Waals surface area contributed by atoms with E-state index >= 15 is 0 Å². The molecule has 0 aromatic carbocycles. The van der Waals surface area contributed by atoms with E-state index in [1.807, 2.05) is 0 Å². The van der Waals surface area contributed by atoms with E-state index in [0.29, 0.717) is 26.4 Å². The first-order chi connectivity index (χ1) is 8.91. The van der Waals surface area contributed by atoms with Crippen molar-refractivity contribution < 1.29 is 14.2 Å². The van der Waals surface area contributed by atoms with Crippen molar-refractivity contribution >= 4 is 0 Å². The molecule has 0 bridgehead atoms. The first-order valence-electron chi connectivity index (χ1n) is 7.05. The predicted octanol–water partition coefficient (Wildman–Crippen LogP) is 0.775. The van der Waals surface area contributed by atoms with Crippen LogP contribution in [0.2, 0.25) is 0 Å². The molecule has 0 rings (SSSR count). The van der Waals surface area contributed by atoms with Gasteiger partial charge in [0, 0.05) is 13.2 Å². The summed E-state index contributed by atoms with van der Waals surface area (Å²) in [4.78, 5) is 0. The molecule has 0 aliphatic rings. The molecule has 0 aliphatic heterocycles. The molecule has 0 aromatic rings. The van der Waals surface area contributed by atoms with Crippen LogP contribution in [-0.4, -0.2) is 59.3 Å². The summed E-state index contributed by atoms with van der Waals surface area (Å²) in [6.07, 6.45) is 3.31. The number of hydrogen-bond donors (Lipinski definition) is 2. The van der Waals surface area contributed by atoms with Gasteiger partial charge >= 0.3 is 0 Å². The van der Waals surface area contributed by atoms with Gasteiger partial charge < -0.3 is 25.3 Å². The maximum absolute atomic E-state index is 5.40. The maximum atomic E-state index is 5.40. The van der Waals surface area contributed by atoms with Gasteiger partial charge in [-0.05, 0) is 25.9 Å². The van der Waals surface area contributed by atoms with Gasteiger partial charge in [0.25, 0.3) is 0 Å². The van der Waals surface area contributed by atoms with Gasteiger partial charge in [0.05, 0.1) is 33.0 Å². The van der Waals surface area contributed by atoms with Crippen LogP contribution in [0.3, 0.4) is 0 Å². The summed E-state index contributed by atoms with van der Waals surface area (Å²) >= 11 is 0. The lowest BCUT2D eigenvalue weighted by atomic mass is 10.4. The molecule has 0 saturated carbocycles. The van der Waals surface area contributed by atoms with Gasteiger partial charge in [-0.3, -0.25) is 0 Å². The van der Waals surface area contributed by atoms with Crippen LogP contribution < -0.4 is 11.1 Å². The average Bonchev–Trinajstić information content (AvgIpc) is 2.39. The molecule has 0 saturated heterocycles. The summed E-state index contributed by atoms with van der Waals surface area (Å²) in [6, 6.07) is 0. The van der Waals surface area contributed by atoms with Crippen LogP contribution in [0.15, 0.2) is 0 Å². The zero-order valence-corrected chi connectivity index (χ0v) is 11.8. The number of hydrogen-bond acceptors (Lipinski definition) is 5. The van der Waals surface area contributed by atoms with E-state index in [9.17, 15) is 0 Å². The number of nitrogens with two attached hydrogens (primary N) is 1. The van der Waals surface area contributed by atoms with Crippen LogP contribution in [0.5, 0.6) is 0 Å². The van der Waals surface area contributed by atoms with Crippen molar-refractivity contribution in [1.29, 1.82) is 0 Å². The largest absolute Gasteiger partial charge is 0.379 e. The summed E-state index contributed by atoms with van der Waals surface area (Å²) in [7, 11) is 0. The fourth-order valence-corrected chi connectivity index (χ4v) is 1.28. The first-order valence-corrected chi connectivity index (χ1v) is 7.05. The predicted molar refractivity (Wildman–Crippen MR) is 73.9 cm³/mol. The molecular weight excluding hydrogens is 232 g/mol. The van der Waals surface area contributed by atoms with Crippen molar-refractivity contribution in [3.05, 3.63) is 0 Å². The Labute approximate surface area is 111 Å². The van der Waals surface area contributed by atoms with Gasteiger partial charge in [-0.25, -0.2) is 0 Å². The lowest BCUT2D eigenvalue weighted by Gasteiger charge is -2.07. The highest BCUT2D eigenvalue weighted by Crippen LogP contribution is 1.87. The van der Waals surface area contributed by atoms with Crippen molar-refractivity contribution in [2.24, 2.45) is 5.73 Å². The third kappa shape index (κ3) is 15.8. The highest BCUT2D eigenvalue weighted by atomic mass is 16.5. The molecule has 3 N–H and O–H groups in total. The van der Waals surface area contributed by atoms with Crippen molar-refractivity contribution in [3.63, 3.8) is 0 Å². The quantitative estimate of drug-likeness (QED) is 0.427. The Hall–Kier alpha value is -0.200. The number of rotatable bonds is 15. The molecule has 0 radical (unpaired) electrons. The van der Waals surface area contributed by atoms with E-state index < -0.39 is 0 Å². The van der Waals surface area contributed by atoms with Gasteiger partial charge in [0.2, 0.25) is 0 Å². The monoisotopic (exact) mass is 262 g/mol. The van der Waals surface area contributed by atoms with Crippen molar-refractivity contribution in [1.82, 2.24) is 5.32 Å². The minimum atomic E-state index is 0.639. The zero-order valence-electron chi connectivity index (χ0n) is 11.8.